The number of hydrogen-bond donors (Lipinski definition) is 2. The number of nitrogens with one attached hydrogen (secondary N) is 2. The van der Waals surface area contributed by atoms with Gasteiger partial charge in [-0.05, 0) is 30.9 Å². The number of aryl methyl sites for hydroxylation is 1. The number of amides is 2. The third-order valence-corrected chi connectivity index (χ3v) is 5.78. The zero-order valence-electron chi connectivity index (χ0n) is 18.4. The molecule has 0 saturated carbocycles. The summed E-state index contributed by atoms with van der Waals surface area (Å²) >= 11 is 0. The van der Waals surface area contributed by atoms with Crippen LogP contribution in [0.3, 0.4) is 0 Å². The van der Waals surface area contributed by atoms with Crippen molar-refractivity contribution in [2.45, 2.75) is 39.8 Å². The Labute approximate surface area is 180 Å². The molecule has 1 atom stereocenters. The quantitative estimate of drug-likeness (QED) is 0.737. The molecule has 5 nitrogen and oxygen atoms in total. The molecule has 2 amide bonds. The van der Waals surface area contributed by atoms with Crippen molar-refractivity contribution in [1.82, 2.24) is 10.2 Å². The number of rotatable bonds is 7. The summed E-state index contributed by atoms with van der Waals surface area (Å²) in [7, 11) is 0. The van der Waals surface area contributed by atoms with E-state index in [4.69, 9.17) is 0 Å². The average Bonchev–Trinajstić information content (AvgIpc) is 2.74. The molecule has 1 fully saturated rings. The number of benzene rings is 2. The van der Waals surface area contributed by atoms with E-state index < -0.39 is 6.04 Å². The highest BCUT2D eigenvalue weighted by atomic mass is 16.2. The Bertz CT molecular complexity index is 842. The molecule has 160 valence electrons. The molecule has 2 aromatic rings. The van der Waals surface area contributed by atoms with E-state index in [1.165, 1.54) is 10.5 Å². The summed E-state index contributed by atoms with van der Waals surface area (Å²) in [6.07, 6.45) is 0.646. The molecular weight excluding hydrogens is 374 g/mol. The van der Waals surface area contributed by atoms with E-state index >= 15 is 0 Å². The SMILES string of the molecule is Cc1ccccc1C(=O)N[C@@H](CC(C)C)C(=O)N1CC[NH+](Cc2ccccc2)CC1. The maximum Gasteiger partial charge on any atom is 0.252 e. The third-order valence-electron chi connectivity index (χ3n) is 5.78. The first-order valence-electron chi connectivity index (χ1n) is 11.0. The molecule has 2 aromatic carbocycles. The first kappa shape index (κ1) is 22.0. The van der Waals surface area contributed by atoms with Crippen molar-refractivity contribution in [3.8, 4) is 0 Å². The molecule has 0 spiro atoms. The number of carbonyl (C=O) groups is 2. The van der Waals surface area contributed by atoms with E-state index in [2.05, 4.69) is 43.4 Å². The summed E-state index contributed by atoms with van der Waals surface area (Å²) in [5, 5.41) is 3.02. The van der Waals surface area contributed by atoms with Gasteiger partial charge >= 0.3 is 0 Å². The van der Waals surface area contributed by atoms with Crippen LogP contribution in [0.1, 0.15) is 41.8 Å². The first-order chi connectivity index (χ1) is 14.4. The van der Waals surface area contributed by atoms with Crippen LogP contribution in [0.4, 0.5) is 0 Å². The highest BCUT2D eigenvalue weighted by Gasteiger charge is 2.31. The van der Waals surface area contributed by atoms with Crippen molar-refractivity contribution in [3.05, 3.63) is 71.3 Å². The summed E-state index contributed by atoms with van der Waals surface area (Å²) < 4.78 is 0. The molecule has 0 aliphatic carbocycles. The summed E-state index contributed by atoms with van der Waals surface area (Å²) in [6.45, 7) is 10.4. The molecular formula is C25H34N3O2+. The van der Waals surface area contributed by atoms with E-state index in [0.29, 0.717) is 17.9 Å². The fraction of sp³-hybridized carbons (Fsp3) is 0.440. The lowest BCUT2D eigenvalue weighted by Gasteiger charge is -2.34. The number of hydrogen-bond acceptors (Lipinski definition) is 2. The van der Waals surface area contributed by atoms with Gasteiger partial charge in [-0.3, -0.25) is 9.59 Å². The molecule has 0 unspecified atom stereocenters. The number of carbonyl (C=O) groups excluding carboxylic acids is 2. The Balaban J connectivity index is 1.60. The van der Waals surface area contributed by atoms with Gasteiger partial charge in [-0.15, -0.1) is 0 Å². The van der Waals surface area contributed by atoms with E-state index in [0.717, 1.165) is 38.3 Å². The van der Waals surface area contributed by atoms with Crippen LogP contribution in [-0.4, -0.2) is 48.9 Å². The average molecular weight is 409 g/mol. The van der Waals surface area contributed by atoms with Crippen molar-refractivity contribution in [2.75, 3.05) is 26.2 Å². The third kappa shape index (κ3) is 5.92. The monoisotopic (exact) mass is 408 g/mol. The molecule has 0 bridgehead atoms. The zero-order valence-corrected chi connectivity index (χ0v) is 18.4. The van der Waals surface area contributed by atoms with Gasteiger partial charge in [0.15, 0.2) is 0 Å². The Morgan fingerprint density at radius 3 is 2.27 bits per heavy atom. The molecule has 1 heterocycles. The molecule has 0 aromatic heterocycles. The molecule has 2 N–H and O–H groups in total. The molecule has 3 rings (SSSR count). The Morgan fingerprint density at radius 2 is 1.63 bits per heavy atom. The highest BCUT2D eigenvalue weighted by Crippen LogP contribution is 2.12. The van der Waals surface area contributed by atoms with Gasteiger partial charge in [0.2, 0.25) is 5.91 Å². The summed E-state index contributed by atoms with van der Waals surface area (Å²) in [5.41, 5.74) is 2.88. The van der Waals surface area contributed by atoms with Crippen LogP contribution in [0.15, 0.2) is 54.6 Å². The van der Waals surface area contributed by atoms with E-state index in [-0.39, 0.29) is 11.8 Å². The van der Waals surface area contributed by atoms with Crippen LogP contribution in [0.5, 0.6) is 0 Å². The van der Waals surface area contributed by atoms with Crippen molar-refractivity contribution < 1.29 is 14.5 Å². The second-order valence-corrected chi connectivity index (χ2v) is 8.71. The van der Waals surface area contributed by atoms with Gasteiger partial charge in [-0.1, -0.05) is 62.4 Å². The van der Waals surface area contributed by atoms with Gasteiger partial charge in [0.1, 0.15) is 12.6 Å². The maximum absolute atomic E-state index is 13.3. The van der Waals surface area contributed by atoms with E-state index in [1.54, 1.807) is 0 Å². The normalized spacial score (nSPS) is 15.8. The van der Waals surface area contributed by atoms with Crippen LogP contribution in [-0.2, 0) is 11.3 Å². The predicted octanol–water partition coefficient (Wildman–Crippen LogP) is 2.07. The van der Waals surface area contributed by atoms with E-state index in [9.17, 15) is 9.59 Å². The van der Waals surface area contributed by atoms with Crippen LogP contribution < -0.4 is 10.2 Å². The van der Waals surface area contributed by atoms with Crippen LogP contribution in [0, 0.1) is 12.8 Å². The van der Waals surface area contributed by atoms with Crippen LogP contribution in [0.25, 0.3) is 0 Å². The van der Waals surface area contributed by atoms with Gasteiger partial charge in [0.25, 0.3) is 5.91 Å². The highest BCUT2D eigenvalue weighted by molar-refractivity contribution is 5.98. The summed E-state index contributed by atoms with van der Waals surface area (Å²) in [4.78, 5) is 29.5. The van der Waals surface area contributed by atoms with E-state index in [1.807, 2.05) is 42.2 Å². The zero-order chi connectivity index (χ0) is 21.5. The fourth-order valence-corrected chi connectivity index (χ4v) is 4.08. The molecule has 1 saturated heterocycles. The maximum atomic E-state index is 13.3. The lowest BCUT2D eigenvalue weighted by Crippen LogP contribution is -3.13. The van der Waals surface area contributed by atoms with Crippen LogP contribution in [0.2, 0.25) is 0 Å². The van der Waals surface area contributed by atoms with Crippen LogP contribution >= 0.6 is 0 Å². The van der Waals surface area contributed by atoms with Crippen molar-refractivity contribution in [1.29, 1.82) is 0 Å². The Hall–Kier alpha value is -2.66. The topological polar surface area (TPSA) is 53.9 Å². The number of nitrogens with zero attached hydrogens (tertiary/aromatic N) is 1. The smallest absolute Gasteiger partial charge is 0.252 e. The lowest BCUT2D eigenvalue weighted by atomic mass is 10.0. The summed E-state index contributed by atoms with van der Waals surface area (Å²) in [5.74, 6) is 0.200. The van der Waals surface area contributed by atoms with Gasteiger partial charge in [-0.25, -0.2) is 0 Å². The Morgan fingerprint density at radius 1 is 1.00 bits per heavy atom. The first-order valence-corrected chi connectivity index (χ1v) is 11.0. The van der Waals surface area contributed by atoms with Crippen molar-refractivity contribution in [2.24, 2.45) is 5.92 Å². The van der Waals surface area contributed by atoms with Gasteiger partial charge < -0.3 is 15.1 Å². The molecule has 5 heteroatoms. The minimum atomic E-state index is -0.479. The van der Waals surface area contributed by atoms with Gasteiger partial charge in [0, 0.05) is 11.1 Å². The van der Waals surface area contributed by atoms with Gasteiger partial charge in [0.05, 0.1) is 26.2 Å². The van der Waals surface area contributed by atoms with Crippen molar-refractivity contribution in [3.63, 3.8) is 0 Å². The molecule has 0 radical (unpaired) electrons. The molecule has 30 heavy (non-hydrogen) atoms. The second kappa shape index (κ2) is 10.4. The van der Waals surface area contributed by atoms with Gasteiger partial charge in [-0.2, -0.15) is 0 Å². The minimum Gasteiger partial charge on any atom is -0.340 e. The minimum absolute atomic E-state index is 0.0457. The number of piperazine rings is 1. The predicted molar refractivity (Wildman–Crippen MR) is 119 cm³/mol. The standard InChI is InChI=1S/C25H33N3O2/c1-19(2)17-23(26-24(29)22-12-8-7-9-20(22)3)25(30)28-15-13-27(14-16-28)18-21-10-5-4-6-11-21/h4-12,19,23H,13-18H2,1-3H3,(H,26,29)/p+1/t23-/m0/s1. The Kier molecular flexibility index (Phi) is 7.63. The number of quaternary nitrogens is 1. The summed E-state index contributed by atoms with van der Waals surface area (Å²) in [6, 6.07) is 17.5. The largest absolute Gasteiger partial charge is 0.340 e. The van der Waals surface area contributed by atoms with Crippen molar-refractivity contribution >= 4 is 11.8 Å². The second-order valence-electron chi connectivity index (χ2n) is 8.71. The lowest BCUT2D eigenvalue weighted by molar-refractivity contribution is -0.917. The molecule has 1 aliphatic rings. The fourth-order valence-electron chi connectivity index (χ4n) is 4.08. The molecule has 1 aliphatic heterocycles.